The minimum Gasteiger partial charge on any atom is -0.528 e. The van der Waals surface area contributed by atoms with Gasteiger partial charge in [0.25, 0.3) is 0 Å². The third kappa shape index (κ3) is 3.09. The number of hydrogen-bond acceptors (Lipinski definition) is 1. The van der Waals surface area contributed by atoms with Crippen LogP contribution in [0.4, 0.5) is 0 Å². The van der Waals surface area contributed by atoms with E-state index in [-0.39, 0.29) is 32.7 Å². The summed E-state index contributed by atoms with van der Waals surface area (Å²) < 4.78 is 6.08. The van der Waals surface area contributed by atoms with Crippen LogP contribution in [0.25, 0.3) is 38.7 Å². The molecule has 3 radical (unpaired) electrons. The topological polar surface area (TPSA) is 9.23 Å². The van der Waals surface area contributed by atoms with E-state index in [4.69, 9.17) is 12.6 Å². The fourth-order valence-electron chi connectivity index (χ4n) is 3.87. The van der Waals surface area contributed by atoms with Crippen molar-refractivity contribution in [1.29, 1.82) is 0 Å². The van der Waals surface area contributed by atoms with Gasteiger partial charge in [-0.15, -0.1) is 34.7 Å². The molecule has 0 bridgehead atoms. The van der Waals surface area contributed by atoms with E-state index in [9.17, 15) is 0 Å². The quantitative estimate of drug-likeness (QED) is 0.267. The molecule has 3 heteroatoms. The maximum atomic E-state index is 6.20. The normalized spacial score (nSPS) is 17.8. The van der Waals surface area contributed by atoms with Gasteiger partial charge in [-0.25, -0.2) is 0 Å². The molecule has 0 amide bonds. The second kappa shape index (κ2) is 7.10. The molecule has 1 atom stereocenters. The molecule has 5 rings (SSSR count). The molecule has 0 fully saturated rings. The standard InChI is InChI=1S/C25H17BO.Y/c1-16-7-5-8-17-9-6-12-20(23(16)17)22-15-18-13-14-25(2,26)27-24(18)21-11-4-3-10-19(21)22;/h3-14H,1H2,2H3;/q-2;. The van der Waals surface area contributed by atoms with Gasteiger partial charge in [0.15, 0.2) is 0 Å². The fourth-order valence-corrected chi connectivity index (χ4v) is 3.87. The molecule has 0 saturated heterocycles. The van der Waals surface area contributed by atoms with Crippen molar-refractivity contribution in [2.75, 3.05) is 0 Å². The number of hydrogen-bond donors (Lipinski definition) is 0. The minimum absolute atomic E-state index is 0. The van der Waals surface area contributed by atoms with Crippen molar-refractivity contribution in [3.8, 4) is 16.9 Å². The molecule has 1 unspecified atom stereocenters. The molecule has 1 heterocycles. The summed E-state index contributed by atoms with van der Waals surface area (Å²) in [6.45, 7) is 6.11. The maximum absolute atomic E-state index is 6.20. The van der Waals surface area contributed by atoms with Gasteiger partial charge >= 0.3 is 0 Å². The van der Waals surface area contributed by atoms with Crippen molar-refractivity contribution >= 4 is 35.5 Å². The zero-order chi connectivity index (χ0) is 18.6. The van der Waals surface area contributed by atoms with Gasteiger partial charge in [-0.05, 0) is 12.3 Å². The first-order valence-corrected chi connectivity index (χ1v) is 9.03. The van der Waals surface area contributed by atoms with Crippen LogP contribution in [0.3, 0.4) is 0 Å². The van der Waals surface area contributed by atoms with Crippen LogP contribution >= 0.6 is 0 Å². The molecule has 0 aromatic heterocycles. The van der Waals surface area contributed by atoms with Crippen LogP contribution in [0.1, 0.15) is 18.1 Å². The largest absolute Gasteiger partial charge is 0.528 e. The molecule has 0 aliphatic carbocycles. The van der Waals surface area contributed by atoms with Crippen LogP contribution in [0.5, 0.6) is 5.75 Å². The summed E-state index contributed by atoms with van der Waals surface area (Å²) in [5.74, 6) is 0.789. The smallest absolute Gasteiger partial charge is 0.134 e. The van der Waals surface area contributed by atoms with Crippen molar-refractivity contribution in [3.63, 3.8) is 0 Å². The van der Waals surface area contributed by atoms with Crippen LogP contribution in [-0.2, 0) is 32.7 Å². The summed E-state index contributed by atoms with van der Waals surface area (Å²) in [7, 11) is 6.20. The first-order chi connectivity index (χ1) is 13.0. The summed E-state index contributed by atoms with van der Waals surface area (Å²) in [4.78, 5) is 0. The van der Waals surface area contributed by atoms with Crippen LogP contribution in [-0.4, -0.2) is 13.3 Å². The van der Waals surface area contributed by atoms with Gasteiger partial charge in [0.05, 0.1) is 11.2 Å². The Bertz CT molecular complexity index is 1230. The van der Waals surface area contributed by atoms with Crippen LogP contribution in [0, 0.1) is 13.0 Å². The summed E-state index contributed by atoms with van der Waals surface area (Å²) in [6.07, 6.45) is 3.88. The van der Waals surface area contributed by atoms with Gasteiger partial charge < -0.3 is 4.74 Å². The Labute approximate surface area is 192 Å². The first-order valence-electron chi connectivity index (χ1n) is 9.03. The minimum atomic E-state index is -0.814. The van der Waals surface area contributed by atoms with E-state index < -0.39 is 5.50 Å². The Kier molecular flexibility index (Phi) is 4.89. The Morgan fingerprint density at radius 1 is 0.964 bits per heavy atom. The molecule has 0 spiro atoms. The summed E-state index contributed by atoms with van der Waals surface area (Å²) in [5, 5.41) is 4.47. The van der Waals surface area contributed by atoms with E-state index in [2.05, 4.69) is 55.5 Å². The predicted molar refractivity (Wildman–Crippen MR) is 114 cm³/mol. The van der Waals surface area contributed by atoms with E-state index in [1.165, 1.54) is 5.39 Å². The van der Waals surface area contributed by atoms with Gasteiger partial charge in [-0.3, -0.25) is 0 Å². The molecule has 4 aromatic rings. The molecule has 28 heavy (non-hydrogen) atoms. The SMILES string of the molecule is [B]C1(C)C=Cc2[c-]c(-c3cccc4cccc([CH2-])c34)c3ccccc3c2O1.[Y]. The second-order valence-electron chi connectivity index (χ2n) is 7.23. The average Bonchev–Trinajstić information content (AvgIpc) is 2.67. The van der Waals surface area contributed by atoms with Crippen molar-refractivity contribution < 1.29 is 37.4 Å². The molecule has 131 valence electrons. The fraction of sp³-hybridized carbons (Fsp3) is 0.0800. The molecule has 0 N–H and O–H groups in total. The van der Waals surface area contributed by atoms with Crippen molar-refractivity contribution in [3.05, 3.63) is 90.9 Å². The molecule has 1 nitrogen and oxygen atoms in total. The van der Waals surface area contributed by atoms with Crippen molar-refractivity contribution in [2.45, 2.75) is 12.4 Å². The Hall–Kier alpha value is -2.02. The zero-order valence-electron chi connectivity index (χ0n) is 15.7. The molecular formula is C25H17BOY-2. The third-order valence-corrected chi connectivity index (χ3v) is 5.11. The van der Waals surface area contributed by atoms with E-state index >= 15 is 0 Å². The predicted octanol–water partition coefficient (Wildman–Crippen LogP) is 5.93. The summed E-state index contributed by atoms with van der Waals surface area (Å²) >= 11 is 0. The van der Waals surface area contributed by atoms with Gasteiger partial charge in [0, 0.05) is 32.7 Å². The Morgan fingerprint density at radius 3 is 2.46 bits per heavy atom. The van der Waals surface area contributed by atoms with Gasteiger partial charge in [0.2, 0.25) is 0 Å². The molecule has 1 aliphatic heterocycles. The Balaban J connectivity index is 0.00000192. The molecular weight excluding hydrogens is 416 g/mol. The van der Waals surface area contributed by atoms with Crippen LogP contribution < -0.4 is 4.74 Å². The number of ether oxygens (including phenoxy) is 1. The summed E-state index contributed by atoms with van der Waals surface area (Å²) in [5.41, 5.74) is 3.31. The second-order valence-corrected chi connectivity index (χ2v) is 7.23. The van der Waals surface area contributed by atoms with Gasteiger partial charge in [0.1, 0.15) is 7.85 Å². The molecule has 1 aliphatic rings. The van der Waals surface area contributed by atoms with E-state index in [1.54, 1.807) is 0 Å². The zero-order valence-corrected chi connectivity index (χ0v) is 18.5. The van der Waals surface area contributed by atoms with E-state index in [1.807, 2.05) is 37.3 Å². The van der Waals surface area contributed by atoms with Gasteiger partial charge in [-0.1, -0.05) is 70.9 Å². The number of rotatable bonds is 1. The molecule has 4 aromatic carbocycles. The number of fused-ring (bicyclic) bond motifs is 4. The molecule has 0 saturated carbocycles. The van der Waals surface area contributed by atoms with Crippen molar-refractivity contribution in [1.82, 2.24) is 0 Å². The van der Waals surface area contributed by atoms with Crippen LogP contribution in [0.15, 0.2) is 66.7 Å². The Morgan fingerprint density at radius 2 is 1.68 bits per heavy atom. The average molecular weight is 433 g/mol. The van der Waals surface area contributed by atoms with E-state index in [0.717, 1.165) is 44.2 Å². The third-order valence-electron chi connectivity index (χ3n) is 5.11. The maximum Gasteiger partial charge on any atom is 0.134 e. The summed E-state index contributed by atoms with van der Waals surface area (Å²) in [6, 6.07) is 24.4. The van der Waals surface area contributed by atoms with Crippen LogP contribution in [0.2, 0.25) is 0 Å². The number of benzene rings is 4. The first kappa shape index (κ1) is 19.3. The van der Waals surface area contributed by atoms with Crippen molar-refractivity contribution in [2.24, 2.45) is 0 Å². The van der Waals surface area contributed by atoms with E-state index in [0.29, 0.717) is 0 Å². The monoisotopic (exact) mass is 433 g/mol. The van der Waals surface area contributed by atoms with Gasteiger partial charge in [-0.2, -0.15) is 18.6 Å².